The molecular weight excluding hydrogens is 272 g/mol. The summed E-state index contributed by atoms with van der Waals surface area (Å²) in [6.07, 6.45) is 5.36. The van der Waals surface area contributed by atoms with Crippen LogP contribution in [0.3, 0.4) is 0 Å². The van der Waals surface area contributed by atoms with E-state index in [0.717, 1.165) is 0 Å². The molecule has 2 aromatic heterocycles. The summed E-state index contributed by atoms with van der Waals surface area (Å²) in [7, 11) is 0. The molecule has 0 saturated carbocycles. The summed E-state index contributed by atoms with van der Waals surface area (Å²) in [6.45, 7) is 1.78. The SMILES string of the molecule is CCC(=O)Nc1cc(N2NC=CN2)nc(-c2ccco2)n1. The molecule has 3 heterocycles. The quantitative estimate of drug-likeness (QED) is 0.781. The maximum absolute atomic E-state index is 11.6. The first-order valence-electron chi connectivity index (χ1n) is 6.46. The Hall–Kier alpha value is -3.03. The zero-order valence-electron chi connectivity index (χ0n) is 11.3. The highest BCUT2D eigenvalue weighted by Crippen LogP contribution is 2.22. The number of anilines is 2. The number of nitrogens with one attached hydrogen (secondary N) is 3. The van der Waals surface area contributed by atoms with E-state index in [4.69, 9.17) is 4.42 Å². The van der Waals surface area contributed by atoms with Crippen LogP contribution in [0.2, 0.25) is 0 Å². The van der Waals surface area contributed by atoms with Gasteiger partial charge in [-0.05, 0) is 12.1 Å². The van der Waals surface area contributed by atoms with Crippen LogP contribution in [0.15, 0.2) is 41.3 Å². The van der Waals surface area contributed by atoms with Crippen molar-refractivity contribution in [2.45, 2.75) is 13.3 Å². The topological polar surface area (TPSA) is 95.3 Å². The number of aromatic nitrogens is 2. The Morgan fingerprint density at radius 3 is 2.86 bits per heavy atom. The fourth-order valence-electron chi connectivity index (χ4n) is 1.75. The van der Waals surface area contributed by atoms with Crippen molar-refractivity contribution in [2.24, 2.45) is 0 Å². The zero-order chi connectivity index (χ0) is 14.7. The molecule has 3 N–H and O–H groups in total. The Bertz CT molecular complexity index is 659. The van der Waals surface area contributed by atoms with Crippen LogP contribution >= 0.6 is 0 Å². The van der Waals surface area contributed by atoms with Gasteiger partial charge in [0.15, 0.2) is 17.4 Å². The number of furan rings is 1. The highest BCUT2D eigenvalue weighted by molar-refractivity contribution is 5.90. The van der Waals surface area contributed by atoms with Crippen LogP contribution < -0.4 is 21.3 Å². The number of rotatable bonds is 4. The average molecular weight is 286 g/mol. The van der Waals surface area contributed by atoms with Gasteiger partial charge < -0.3 is 9.73 Å². The van der Waals surface area contributed by atoms with Gasteiger partial charge in [-0.25, -0.2) is 9.97 Å². The molecule has 0 fully saturated rings. The van der Waals surface area contributed by atoms with Gasteiger partial charge in [-0.15, -0.1) is 0 Å². The molecule has 0 atom stereocenters. The van der Waals surface area contributed by atoms with Crippen molar-refractivity contribution in [1.82, 2.24) is 20.8 Å². The maximum atomic E-state index is 11.6. The summed E-state index contributed by atoms with van der Waals surface area (Å²) in [5, 5.41) is 4.32. The van der Waals surface area contributed by atoms with Gasteiger partial charge in [0.1, 0.15) is 5.82 Å². The van der Waals surface area contributed by atoms with Gasteiger partial charge >= 0.3 is 0 Å². The minimum absolute atomic E-state index is 0.120. The minimum Gasteiger partial charge on any atom is -0.461 e. The van der Waals surface area contributed by atoms with Crippen molar-refractivity contribution >= 4 is 17.5 Å². The summed E-state index contributed by atoms with van der Waals surface area (Å²) >= 11 is 0. The smallest absolute Gasteiger partial charge is 0.225 e. The molecule has 0 saturated heterocycles. The van der Waals surface area contributed by atoms with E-state index in [9.17, 15) is 4.79 Å². The second-order valence-electron chi connectivity index (χ2n) is 4.24. The molecule has 0 aromatic carbocycles. The lowest BCUT2D eigenvalue weighted by Gasteiger charge is -2.18. The first kappa shape index (κ1) is 13.0. The number of hydrazine groups is 2. The summed E-state index contributed by atoms with van der Waals surface area (Å²) in [5.41, 5.74) is 5.90. The fourth-order valence-corrected chi connectivity index (χ4v) is 1.75. The fraction of sp³-hybridized carbons (Fsp3) is 0.154. The van der Waals surface area contributed by atoms with Gasteiger partial charge in [0.2, 0.25) is 5.91 Å². The molecule has 8 heteroatoms. The van der Waals surface area contributed by atoms with Gasteiger partial charge in [0.25, 0.3) is 0 Å². The third-order valence-electron chi connectivity index (χ3n) is 2.76. The van der Waals surface area contributed by atoms with Crippen LogP contribution in [-0.2, 0) is 4.79 Å². The van der Waals surface area contributed by atoms with Gasteiger partial charge in [-0.1, -0.05) is 6.92 Å². The molecule has 1 amide bonds. The highest BCUT2D eigenvalue weighted by atomic mass is 16.3. The number of nitrogens with zero attached hydrogens (tertiary/aromatic N) is 3. The summed E-state index contributed by atoms with van der Waals surface area (Å²) in [4.78, 5) is 20.3. The number of amides is 1. The second kappa shape index (κ2) is 5.53. The number of carbonyl (C=O) groups excluding carboxylic acids is 1. The lowest BCUT2D eigenvalue weighted by atomic mass is 10.4. The summed E-state index contributed by atoms with van der Waals surface area (Å²) in [6, 6.07) is 5.17. The molecule has 0 aliphatic carbocycles. The van der Waals surface area contributed by atoms with Crippen molar-refractivity contribution in [1.29, 1.82) is 0 Å². The third-order valence-corrected chi connectivity index (χ3v) is 2.76. The molecule has 108 valence electrons. The predicted molar refractivity (Wildman–Crippen MR) is 76.5 cm³/mol. The van der Waals surface area contributed by atoms with Crippen molar-refractivity contribution in [3.8, 4) is 11.6 Å². The van der Waals surface area contributed by atoms with E-state index >= 15 is 0 Å². The van der Waals surface area contributed by atoms with Crippen molar-refractivity contribution in [3.05, 3.63) is 36.9 Å². The monoisotopic (exact) mass is 286 g/mol. The molecular formula is C13H14N6O2. The Kier molecular flexibility index (Phi) is 3.42. The molecule has 3 rings (SSSR count). The molecule has 1 aliphatic heterocycles. The van der Waals surface area contributed by atoms with E-state index in [-0.39, 0.29) is 5.91 Å². The van der Waals surface area contributed by atoms with E-state index < -0.39 is 0 Å². The summed E-state index contributed by atoms with van der Waals surface area (Å²) in [5.74, 6) is 1.75. The van der Waals surface area contributed by atoms with Crippen LogP contribution in [0.4, 0.5) is 11.6 Å². The predicted octanol–water partition coefficient (Wildman–Crippen LogP) is 1.39. The van der Waals surface area contributed by atoms with E-state index in [0.29, 0.717) is 29.6 Å². The molecule has 0 radical (unpaired) electrons. The zero-order valence-corrected chi connectivity index (χ0v) is 11.3. The number of carbonyl (C=O) groups is 1. The standard InChI is InChI=1S/C13H14N6O2/c1-2-12(20)16-10-8-11(19-14-5-6-15-19)18-13(17-10)9-4-3-7-21-9/h3-8,14-15H,2H2,1H3,(H,16,17,18,20). The van der Waals surface area contributed by atoms with Crippen molar-refractivity contribution in [2.75, 3.05) is 10.4 Å². The molecule has 0 spiro atoms. The third kappa shape index (κ3) is 2.78. The van der Waals surface area contributed by atoms with Gasteiger partial charge in [0, 0.05) is 24.9 Å². The minimum atomic E-state index is -0.120. The van der Waals surface area contributed by atoms with Gasteiger partial charge in [-0.2, -0.15) is 5.12 Å². The Morgan fingerprint density at radius 2 is 2.19 bits per heavy atom. The lowest BCUT2D eigenvalue weighted by Crippen LogP contribution is -2.38. The van der Waals surface area contributed by atoms with Crippen molar-refractivity contribution < 1.29 is 9.21 Å². The Balaban J connectivity index is 1.97. The first-order chi connectivity index (χ1) is 10.3. The lowest BCUT2D eigenvalue weighted by molar-refractivity contribution is -0.115. The van der Waals surface area contributed by atoms with E-state index in [1.807, 2.05) is 0 Å². The van der Waals surface area contributed by atoms with E-state index in [1.54, 1.807) is 48.9 Å². The largest absolute Gasteiger partial charge is 0.461 e. The van der Waals surface area contributed by atoms with Crippen LogP contribution in [0.1, 0.15) is 13.3 Å². The first-order valence-corrected chi connectivity index (χ1v) is 6.46. The second-order valence-corrected chi connectivity index (χ2v) is 4.24. The maximum Gasteiger partial charge on any atom is 0.225 e. The van der Waals surface area contributed by atoms with E-state index in [1.165, 1.54) is 0 Å². The molecule has 8 nitrogen and oxygen atoms in total. The summed E-state index contributed by atoms with van der Waals surface area (Å²) < 4.78 is 5.31. The number of hydrogen-bond donors (Lipinski definition) is 3. The molecule has 0 unspecified atom stereocenters. The van der Waals surface area contributed by atoms with E-state index in [2.05, 4.69) is 26.1 Å². The van der Waals surface area contributed by atoms with Crippen LogP contribution in [0.25, 0.3) is 11.6 Å². The van der Waals surface area contributed by atoms with Crippen LogP contribution in [-0.4, -0.2) is 15.9 Å². The Morgan fingerprint density at radius 1 is 1.38 bits per heavy atom. The average Bonchev–Trinajstić information content (AvgIpc) is 3.20. The molecule has 1 aliphatic rings. The van der Waals surface area contributed by atoms with Gasteiger partial charge in [0.05, 0.1) is 6.26 Å². The molecule has 2 aromatic rings. The number of hydrogen-bond acceptors (Lipinski definition) is 7. The van der Waals surface area contributed by atoms with Crippen LogP contribution in [0, 0.1) is 0 Å². The van der Waals surface area contributed by atoms with Crippen LogP contribution in [0.5, 0.6) is 0 Å². The molecule has 21 heavy (non-hydrogen) atoms. The highest BCUT2D eigenvalue weighted by Gasteiger charge is 2.15. The molecule has 0 bridgehead atoms. The Labute approximate surface area is 120 Å². The normalized spacial score (nSPS) is 12.9. The van der Waals surface area contributed by atoms with Gasteiger partial charge in [-0.3, -0.25) is 15.6 Å². The van der Waals surface area contributed by atoms with Crippen molar-refractivity contribution in [3.63, 3.8) is 0 Å².